The third-order valence-corrected chi connectivity index (χ3v) is 5.19. The van der Waals surface area contributed by atoms with Gasteiger partial charge in [0.1, 0.15) is 23.4 Å². The molecular formula is C26H20F2N4O2. The lowest BCUT2D eigenvalue weighted by Gasteiger charge is -2.32. The van der Waals surface area contributed by atoms with Crippen LogP contribution in [0.2, 0.25) is 0 Å². The van der Waals surface area contributed by atoms with Crippen LogP contribution in [-0.2, 0) is 4.79 Å². The molecule has 4 aromatic rings. The van der Waals surface area contributed by atoms with E-state index in [9.17, 15) is 18.4 Å². The molecule has 0 spiro atoms. The number of anilines is 2. The summed E-state index contributed by atoms with van der Waals surface area (Å²) < 4.78 is 27.6. The summed E-state index contributed by atoms with van der Waals surface area (Å²) in [5.41, 5.74) is 1.77. The first-order valence-electron chi connectivity index (χ1n) is 10.4. The molecule has 0 aliphatic carbocycles. The third kappa shape index (κ3) is 4.96. The number of hydrogen-bond acceptors (Lipinski definition) is 4. The minimum absolute atomic E-state index is 0.0140. The van der Waals surface area contributed by atoms with E-state index in [0.717, 1.165) is 5.56 Å². The molecule has 0 aliphatic rings. The monoisotopic (exact) mass is 458 g/mol. The van der Waals surface area contributed by atoms with Crippen molar-refractivity contribution in [1.29, 1.82) is 0 Å². The second-order valence-corrected chi connectivity index (χ2v) is 7.50. The largest absolute Gasteiger partial charge is 0.324 e. The molecule has 0 saturated heterocycles. The van der Waals surface area contributed by atoms with Crippen LogP contribution in [0.3, 0.4) is 0 Å². The molecule has 0 saturated carbocycles. The smallest absolute Gasteiger partial charge is 0.279 e. The van der Waals surface area contributed by atoms with Crippen molar-refractivity contribution in [2.75, 3.05) is 10.2 Å². The highest BCUT2D eigenvalue weighted by molar-refractivity contribution is 6.11. The van der Waals surface area contributed by atoms with Crippen molar-refractivity contribution in [2.45, 2.75) is 13.0 Å². The zero-order valence-corrected chi connectivity index (χ0v) is 18.2. The van der Waals surface area contributed by atoms with Crippen LogP contribution in [0, 0.1) is 18.6 Å². The molecule has 6 nitrogen and oxygen atoms in total. The number of nitrogens with one attached hydrogen (secondary N) is 1. The van der Waals surface area contributed by atoms with Crippen molar-refractivity contribution in [3.63, 3.8) is 0 Å². The number of aromatic nitrogens is 2. The number of halogens is 2. The number of amides is 2. The van der Waals surface area contributed by atoms with Gasteiger partial charge in [0.15, 0.2) is 0 Å². The fraction of sp³-hybridized carbons (Fsp3) is 0.0769. The topological polar surface area (TPSA) is 75.2 Å². The Balaban J connectivity index is 1.87. The van der Waals surface area contributed by atoms with Crippen LogP contribution in [0.4, 0.5) is 20.2 Å². The summed E-state index contributed by atoms with van der Waals surface area (Å²) in [5, 5.41) is 2.74. The number of carbonyl (C=O) groups is 2. The summed E-state index contributed by atoms with van der Waals surface area (Å²) in [6.07, 6.45) is 4.06. The van der Waals surface area contributed by atoms with Gasteiger partial charge < -0.3 is 5.32 Å². The molecule has 0 bridgehead atoms. The molecule has 1 aromatic heterocycles. The summed E-state index contributed by atoms with van der Waals surface area (Å²) in [5.74, 6) is -2.23. The molecule has 3 aromatic carbocycles. The predicted octanol–water partition coefficient (Wildman–Crippen LogP) is 5.09. The van der Waals surface area contributed by atoms with Gasteiger partial charge in [0.25, 0.3) is 11.8 Å². The number of aryl methyl sites for hydroxylation is 1. The lowest BCUT2D eigenvalue weighted by Crippen LogP contribution is -2.42. The van der Waals surface area contributed by atoms with E-state index in [-0.39, 0.29) is 11.4 Å². The third-order valence-electron chi connectivity index (χ3n) is 5.19. The van der Waals surface area contributed by atoms with Crippen molar-refractivity contribution in [2.24, 2.45) is 0 Å². The molecule has 0 unspecified atom stereocenters. The second kappa shape index (κ2) is 9.99. The standard InChI is InChI=1S/C26H20F2N4O2/c1-17-5-2-3-8-22(17)24(25(33)31-20-11-9-18(27)10-12-20)32(21-7-4-6-19(28)15-21)26(34)23-16-29-13-14-30-23/h2-16,24H,1H3,(H,31,33)/t24-/m0/s1. The van der Waals surface area contributed by atoms with Crippen LogP contribution >= 0.6 is 0 Å². The van der Waals surface area contributed by atoms with Gasteiger partial charge in [0.2, 0.25) is 0 Å². The second-order valence-electron chi connectivity index (χ2n) is 7.50. The number of carbonyl (C=O) groups excluding carboxylic acids is 2. The van der Waals surface area contributed by atoms with Gasteiger partial charge >= 0.3 is 0 Å². The average Bonchev–Trinajstić information content (AvgIpc) is 2.84. The minimum atomic E-state index is -1.19. The Morgan fingerprint density at radius 1 is 0.912 bits per heavy atom. The first kappa shape index (κ1) is 22.7. The Hall–Kier alpha value is -4.46. The molecule has 1 atom stereocenters. The van der Waals surface area contributed by atoms with Crippen molar-refractivity contribution < 1.29 is 18.4 Å². The van der Waals surface area contributed by atoms with E-state index in [2.05, 4.69) is 15.3 Å². The number of hydrogen-bond donors (Lipinski definition) is 1. The quantitative estimate of drug-likeness (QED) is 0.437. The van der Waals surface area contributed by atoms with Gasteiger partial charge in [-0.05, 0) is 60.5 Å². The lowest BCUT2D eigenvalue weighted by atomic mass is 9.97. The summed E-state index contributed by atoms with van der Waals surface area (Å²) >= 11 is 0. The molecule has 0 fully saturated rings. The fourth-order valence-electron chi connectivity index (χ4n) is 3.58. The first-order chi connectivity index (χ1) is 16.4. The van der Waals surface area contributed by atoms with Gasteiger partial charge in [-0.3, -0.25) is 19.5 Å². The lowest BCUT2D eigenvalue weighted by molar-refractivity contribution is -0.117. The van der Waals surface area contributed by atoms with Gasteiger partial charge in [-0.15, -0.1) is 0 Å². The van der Waals surface area contributed by atoms with Crippen LogP contribution in [0.15, 0.2) is 91.4 Å². The van der Waals surface area contributed by atoms with E-state index < -0.39 is 29.5 Å². The van der Waals surface area contributed by atoms with Gasteiger partial charge in [-0.1, -0.05) is 30.3 Å². The Morgan fingerprint density at radius 2 is 1.68 bits per heavy atom. The van der Waals surface area contributed by atoms with Crippen molar-refractivity contribution in [3.8, 4) is 0 Å². The SMILES string of the molecule is Cc1ccccc1[C@@H](C(=O)Nc1ccc(F)cc1)N(C(=O)c1cnccn1)c1cccc(F)c1. The molecule has 0 radical (unpaired) electrons. The molecule has 1 heterocycles. The average molecular weight is 458 g/mol. The number of benzene rings is 3. The summed E-state index contributed by atoms with van der Waals surface area (Å²) in [6, 6.07) is 16.6. The van der Waals surface area contributed by atoms with E-state index in [1.165, 1.54) is 72.0 Å². The van der Waals surface area contributed by atoms with Gasteiger partial charge in [0.05, 0.1) is 6.20 Å². The van der Waals surface area contributed by atoms with E-state index in [1.807, 2.05) is 19.1 Å². The van der Waals surface area contributed by atoms with Crippen LogP contribution in [0.1, 0.15) is 27.7 Å². The van der Waals surface area contributed by atoms with Crippen molar-refractivity contribution in [1.82, 2.24) is 9.97 Å². The molecule has 170 valence electrons. The Labute approximate surface area is 194 Å². The zero-order valence-electron chi connectivity index (χ0n) is 18.2. The molecule has 2 amide bonds. The summed E-state index contributed by atoms with van der Waals surface area (Å²) in [6.45, 7) is 1.81. The van der Waals surface area contributed by atoms with Gasteiger partial charge in [0, 0.05) is 23.8 Å². The van der Waals surface area contributed by atoms with E-state index in [1.54, 1.807) is 12.1 Å². The first-order valence-corrected chi connectivity index (χ1v) is 10.4. The molecule has 1 N–H and O–H groups in total. The normalized spacial score (nSPS) is 11.5. The molecule has 8 heteroatoms. The van der Waals surface area contributed by atoms with Crippen LogP contribution < -0.4 is 10.2 Å². The van der Waals surface area contributed by atoms with E-state index >= 15 is 0 Å². The maximum Gasteiger partial charge on any atom is 0.279 e. The van der Waals surface area contributed by atoms with E-state index in [0.29, 0.717) is 11.3 Å². The van der Waals surface area contributed by atoms with Crippen molar-refractivity contribution in [3.05, 3.63) is 120 Å². The van der Waals surface area contributed by atoms with Crippen molar-refractivity contribution >= 4 is 23.2 Å². The van der Waals surface area contributed by atoms with Gasteiger partial charge in [-0.2, -0.15) is 0 Å². The highest BCUT2D eigenvalue weighted by atomic mass is 19.1. The van der Waals surface area contributed by atoms with E-state index in [4.69, 9.17) is 0 Å². The van der Waals surface area contributed by atoms with Crippen LogP contribution in [0.25, 0.3) is 0 Å². The molecule has 0 aliphatic heterocycles. The molecular weight excluding hydrogens is 438 g/mol. The number of nitrogens with zero attached hydrogens (tertiary/aromatic N) is 3. The fourth-order valence-corrected chi connectivity index (χ4v) is 3.58. The zero-order chi connectivity index (χ0) is 24.1. The molecule has 4 rings (SSSR count). The summed E-state index contributed by atoms with van der Waals surface area (Å²) in [7, 11) is 0. The maximum atomic E-state index is 14.2. The predicted molar refractivity (Wildman–Crippen MR) is 124 cm³/mol. The highest BCUT2D eigenvalue weighted by Crippen LogP contribution is 2.32. The van der Waals surface area contributed by atoms with Crippen LogP contribution in [-0.4, -0.2) is 21.8 Å². The Kier molecular flexibility index (Phi) is 6.68. The Morgan fingerprint density at radius 3 is 2.35 bits per heavy atom. The highest BCUT2D eigenvalue weighted by Gasteiger charge is 2.35. The number of rotatable bonds is 6. The minimum Gasteiger partial charge on any atom is -0.324 e. The van der Waals surface area contributed by atoms with Crippen LogP contribution in [0.5, 0.6) is 0 Å². The Bertz CT molecular complexity index is 1310. The van der Waals surface area contributed by atoms with Gasteiger partial charge in [-0.25, -0.2) is 13.8 Å². The molecule has 34 heavy (non-hydrogen) atoms. The maximum absolute atomic E-state index is 14.2. The summed E-state index contributed by atoms with van der Waals surface area (Å²) in [4.78, 5) is 36.5.